The van der Waals surface area contributed by atoms with E-state index in [1.807, 2.05) is 22.1 Å². The zero-order valence-corrected chi connectivity index (χ0v) is 19.1. The first-order valence-electron chi connectivity index (χ1n) is 11.6. The van der Waals surface area contributed by atoms with Gasteiger partial charge in [-0.15, -0.1) is 0 Å². The molecular weight excluding hydrogens is 422 g/mol. The number of aliphatic hydroxyl groups is 4. The quantitative estimate of drug-likeness (QED) is 0.400. The van der Waals surface area contributed by atoms with E-state index in [9.17, 15) is 20.4 Å². The fourth-order valence-electron chi connectivity index (χ4n) is 4.64. The normalized spacial score (nSPS) is 26.6. The molecule has 8 nitrogen and oxygen atoms in total. The number of hydrogen-bond donors (Lipinski definition) is 5. The second kappa shape index (κ2) is 10.9. The third-order valence-electron chi connectivity index (χ3n) is 6.44. The molecule has 2 aromatic rings. The minimum atomic E-state index is -1.24. The predicted octanol–water partition coefficient (Wildman–Crippen LogP) is 1.00. The van der Waals surface area contributed by atoms with E-state index in [4.69, 9.17) is 4.84 Å². The molecule has 0 aromatic heterocycles. The maximum Gasteiger partial charge on any atom is 0.109 e. The summed E-state index contributed by atoms with van der Waals surface area (Å²) in [5.74, 6) is 0. The summed E-state index contributed by atoms with van der Waals surface area (Å²) >= 11 is 0. The SMILES string of the molecule is Cc1cc(CN2CCCO2)cc(NCc2ccc(CN3C[C@H](O)[C@@H](O)[C@H](O)[C@H]3CO)cc2)c1. The number of likely N-dealkylation sites (tertiary alicyclic amines) is 1. The van der Waals surface area contributed by atoms with E-state index in [1.165, 1.54) is 11.1 Å². The Bertz CT molecular complexity index is 903. The van der Waals surface area contributed by atoms with Crippen molar-refractivity contribution < 1.29 is 25.3 Å². The van der Waals surface area contributed by atoms with E-state index in [0.717, 1.165) is 42.9 Å². The van der Waals surface area contributed by atoms with E-state index in [-0.39, 0.29) is 13.2 Å². The first kappa shape index (κ1) is 24.1. The molecule has 0 unspecified atom stereocenters. The molecule has 0 saturated carbocycles. The van der Waals surface area contributed by atoms with Gasteiger partial charge in [0.2, 0.25) is 0 Å². The van der Waals surface area contributed by atoms with Gasteiger partial charge in [-0.3, -0.25) is 9.74 Å². The van der Waals surface area contributed by atoms with Crippen LogP contribution in [0.5, 0.6) is 0 Å². The summed E-state index contributed by atoms with van der Waals surface area (Å²) in [5, 5.41) is 45.2. The van der Waals surface area contributed by atoms with Gasteiger partial charge in [0.05, 0.1) is 25.4 Å². The standard InChI is InChI=1S/C25H35N3O5/c1-17-9-20(14-28-7-2-8-33-28)11-21(10-17)26-12-18-3-5-19(6-4-18)13-27-15-23(30)25(32)24(31)22(27)16-29/h3-6,9-11,22-26,29-32H,2,7-8,12-16H2,1H3/t22-,23+,24-,25-/m1/s1. The predicted molar refractivity (Wildman–Crippen MR) is 125 cm³/mol. The lowest BCUT2D eigenvalue weighted by Crippen LogP contribution is -2.62. The molecule has 0 radical (unpaired) electrons. The fourth-order valence-corrected chi connectivity index (χ4v) is 4.64. The highest BCUT2D eigenvalue weighted by atomic mass is 16.7. The second-order valence-electron chi connectivity index (χ2n) is 9.16. The van der Waals surface area contributed by atoms with Crippen molar-refractivity contribution in [2.75, 3.05) is 31.6 Å². The first-order chi connectivity index (χ1) is 15.9. The highest BCUT2D eigenvalue weighted by molar-refractivity contribution is 5.49. The Labute approximate surface area is 195 Å². The molecule has 2 saturated heterocycles. The van der Waals surface area contributed by atoms with Crippen LogP contribution in [0.25, 0.3) is 0 Å². The van der Waals surface area contributed by atoms with Crippen LogP contribution in [0, 0.1) is 6.92 Å². The van der Waals surface area contributed by atoms with Crippen LogP contribution in [0.4, 0.5) is 5.69 Å². The molecule has 0 aliphatic carbocycles. The van der Waals surface area contributed by atoms with Crippen molar-refractivity contribution in [2.24, 2.45) is 0 Å². The molecule has 2 heterocycles. The zero-order valence-electron chi connectivity index (χ0n) is 19.1. The maximum atomic E-state index is 10.2. The lowest BCUT2D eigenvalue weighted by molar-refractivity contribution is -0.147. The zero-order chi connectivity index (χ0) is 23.4. The molecule has 5 N–H and O–H groups in total. The molecule has 0 spiro atoms. The van der Waals surface area contributed by atoms with Crippen molar-refractivity contribution in [3.8, 4) is 0 Å². The Hall–Kier alpha value is -2.04. The molecule has 180 valence electrons. The molecule has 2 aliphatic rings. The monoisotopic (exact) mass is 457 g/mol. The van der Waals surface area contributed by atoms with Gasteiger partial charge in [-0.25, -0.2) is 0 Å². The highest BCUT2D eigenvalue weighted by Gasteiger charge is 2.40. The van der Waals surface area contributed by atoms with Gasteiger partial charge in [-0.05, 0) is 47.7 Å². The van der Waals surface area contributed by atoms with Crippen molar-refractivity contribution in [3.63, 3.8) is 0 Å². The van der Waals surface area contributed by atoms with Gasteiger partial charge >= 0.3 is 0 Å². The van der Waals surface area contributed by atoms with Gasteiger partial charge < -0.3 is 25.7 Å². The average Bonchev–Trinajstić information content (AvgIpc) is 3.30. The number of anilines is 1. The first-order valence-corrected chi connectivity index (χ1v) is 11.6. The number of nitrogens with zero attached hydrogens (tertiary/aromatic N) is 2. The molecule has 4 rings (SSSR count). The highest BCUT2D eigenvalue weighted by Crippen LogP contribution is 2.22. The van der Waals surface area contributed by atoms with Crippen molar-refractivity contribution in [3.05, 3.63) is 64.7 Å². The van der Waals surface area contributed by atoms with Crippen LogP contribution >= 0.6 is 0 Å². The Morgan fingerprint density at radius 2 is 1.73 bits per heavy atom. The topological polar surface area (TPSA) is 109 Å². The van der Waals surface area contributed by atoms with E-state index in [0.29, 0.717) is 13.1 Å². The summed E-state index contributed by atoms with van der Waals surface area (Å²) in [6, 6.07) is 14.0. The molecule has 0 bridgehead atoms. The number of hydrogen-bond acceptors (Lipinski definition) is 8. The number of benzene rings is 2. The van der Waals surface area contributed by atoms with Crippen LogP contribution in [0.15, 0.2) is 42.5 Å². The number of piperidine rings is 1. The number of hydroxylamine groups is 2. The Morgan fingerprint density at radius 1 is 0.970 bits per heavy atom. The molecular formula is C25H35N3O5. The summed E-state index contributed by atoms with van der Waals surface area (Å²) < 4.78 is 0. The second-order valence-corrected chi connectivity index (χ2v) is 9.16. The van der Waals surface area contributed by atoms with Crippen molar-refractivity contribution >= 4 is 5.69 Å². The van der Waals surface area contributed by atoms with Gasteiger partial charge in [-0.2, -0.15) is 5.06 Å². The number of rotatable bonds is 8. The van der Waals surface area contributed by atoms with Gasteiger partial charge in [0.15, 0.2) is 0 Å². The van der Waals surface area contributed by atoms with Crippen LogP contribution in [-0.4, -0.2) is 81.0 Å². The summed E-state index contributed by atoms with van der Waals surface area (Å²) in [5.41, 5.74) is 5.66. The number of β-amino-alcohol motifs (C(OH)–C–C–N with tert-alkyl or cyclic N) is 1. The summed E-state index contributed by atoms with van der Waals surface area (Å²) in [6.45, 7) is 5.74. The van der Waals surface area contributed by atoms with Gasteiger partial charge in [-0.1, -0.05) is 30.3 Å². The van der Waals surface area contributed by atoms with Gasteiger partial charge in [0.25, 0.3) is 0 Å². The fraction of sp³-hybridized carbons (Fsp3) is 0.520. The largest absolute Gasteiger partial charge is 0.395 e. The lowest BCUT2D eigenvalue weighted by Gasteiger charge is -2.43. The van der Waals surface area contributed by atoms with Crippen LogP contribution in [0.1, 0.15) is 28.7 Å². The summed E-state index contributed by atoms with van der Waals surface area (Å²) in [4.78, 5) is 7.43. The van der Waals surface area contributed by atoms with Crippen LogP contribution in [0.2, 0.25) is 0 Å². The van der Waals surface area contributed by atoms with Crippen LogP contribution in [0.3, 0.4) is 0 Å². The van der Waals surface area contributed by atoms with E-state index >= 15 is 0 Å². The van der Waals surface area contributed by atoms with E-state index < -0.39 is 24.4 Å². The minimum absolute atomic E-state index is 0.199. The van der Waals surface area contributed by atoms with Gasteiger partial charge in [0.1, 0.15) is 12.2 Å². The smallest absolute Gasteiger partial charge is 0.109 e. The van der Waals surface area contributed by atoms with Crippen molar-refractivity contribution in [2.45, 2.75) is 57.3 Å². The van der Waals surface area contributed by atoms with Crippen molar-refractivity contribution in [1.29, 1.82) is 0 Å². The third-order valence-corrected chi connectivity index (χ3v) is 6.44. The van der Waals surface area contributed by atoms with Crippen molar-refractivity contribution in [1.82, 2.24) is 9.96 Å². The Kier molecular flexibility index (Phi) is 7.98. The van der Waals surface area contributed by atoms with E-state index in [1.54, 1.807) is 0 Å². The maximum absolute atomic E-state index is 10.2. The van der Waals surface area contributed by atoms with Gasteiger partial charge in [0, 0.05) is 38.4 Å². The molecule has 2 aliphatic heterocycles. The minimum Gasteiger partial charge on any atom is -0.395 e. The molecule has 8 heteroatoms. The molecule has 2 fully saturated rings. The molecule has 2 aromatic carbocycles. The number of aliphatic hydroxyl groups excluding tert-OH is 4. The lowest BCUT2D eigenvalue weighted by atomic mass is 9.93. The Morgan fingerprint density at radius 3 is 2.42 bits per heavy atom. The molecule has 33 heavy (non-hydrogen) atoms. The number of nitrogens with one attached hydrogen (secondary N) is 1. The average molecular weight is 458 g/mol. The summed E-state index contributed by atoms with van der Waals surface area (Å²) in [7, 11) is 0. The number of aryl methyl sites for hydroxylation is 1. The summed E-state index contributed by atoms with van der Waals surface area (Å²) in [6.07, 6.45) is -2.38. The third kappa shape index (κ3) is 6.10. The van der Waals surface area contributed by atoms with Crippen LogP contribution in [-0.2, 0) is 24.5 Å². The molecule has 0 amide bonds. The van der Waals surface area contributed by atoms with E-state index in [2.05, 4.69) is 42.6 Å². The Balaban J connectivity index is 1.34. The molecule has 4 atom stereocenters. The van der Waals surface area contributed by atoms with Crippen LogP contribution < -0.4 is 5.32 Å².